The molecule has 0 aromatic heterocycles. The van der Waals surface area contributed by atoms with Gasteiger partial charge < -0.3 is 16.0 Å². The van der Waals surface area contributed by atoms with Gasteiger partial charge in [-0.05, 0) is 29.8 Å². The van der Waals surface area contributed by atoms with Gasteiger partial charge in [0.25, 0.3) is 0 Å². The first-order valence-corrected chi connectivity index (χ1v) is 8.53. The van der Waals surface area contributed by atoms with E-state index in [1.807, 2.05) is 0 Å². The van der Waals surface area contributed by atoms with Gasteiger partial charge in [-0.3, -0.25) is 4.79 Å². The topological polar surface area (TPSA) is 70.2 Å². The smallest absolute Gasteiger partial charge is 0.330 e. The number of para-hydroxylation sites is 1. The van der Waals surface area contributed by atoms with Crippen molar-refractivity contribution < 1.29 is 22.8 Å². The Labute approximate surface area is 163 Å². The Balaban J connectivity index is 1.93. The molecule has 1 fully saturated rings. The molecular weight excluding hydrogens is 395 g/mol. The summed E-state index contributed by atoms with van der Waals surface area (Å²) >= 11 is 5.87. The molecule has 146 valence electrons. The Morgan fingerprint density at radius 3 is 2.39 bits per heavy atom. The average Bonchev–Trinajstić information content (AvgIpc) is 2.61. The summed E-state index contributed by atoms with van der Waals surface area (Å²) in [6.07, 6.45) is -4.63. The fourth-order valence-corrected chi connectivity index (χ4v) is 3.12. The lowest BCUT2D eigenvalue weighted by molar-refractivity contribution is -0.137. The number of amides is 3. The molecule has 5 nitrogen and oxygen atoms in total. The van der Waals surface area contributed by atoms with Crippen molar-refractivity contribution >= 4 is 29.2 Å². The van der Waals surface area contributed by atoms with Gasteiger partial charge in [-0.25, -0.2) is 4.79 Å². The van der Waals surface area contributed by atoms with E-state index in [2.05, 4.69) is 22.5 Å². The maximum atomic E-state index is 13.2. The van der Waals surface area contributed by atoms with Crippen LogP contribution in [0.2, 0.25) is 5.02 Å². The van der Waals surface area contributed by atoms with Crippen molar-refractivity contribution in [2.75, 3.05) is 5.32 Å². The lowest BCUT2D eigenvalue weighted by atomic mass is 9.88. The van der Waals surface area contributed by atoms with E-state index in [1.165, 1.54) is 12.1 Å². The third-order valence-electron chi connectivity index (χ3n) is 4.27. The highest BCUT2D eigenvalue weighted by Gasteiger charge is 2.39. The Morgan fingerprint density at radius 1 is 1.11 bits per heavy atom. The van der Waals surface area contributed by atoms with Crippen molar-refractivity contribution in [3.63, 3.8) is 0 Å². The second kappa shape index (κ2) is 7.55. The van der Waals surface area contributed by atoms with Crippen molar-refractivity contribution in [3.05, 3.63) is 77.0 Å². The number of benzene rings is 2. The van der Waals surface area contributed by atoms with Crippen LogP contribution < -0.4 is 16.0 Å². The van der Waals surface area contributed by atoms with Gasteiger partial charge in [0, 0.05) is 10.7 Å². The van der Waals surface area contributed by atoms with Gasteiger partial charge in [-0.15, -0.1) is 0 Å². The van der Waals surface area contributed by atoms with E-state index < -0.39 is 35.6 Å². The molecule has 0 radical (unpaired) electrons. The monoisotopic (exact) mass is 409 g/mol. The molecule has 1 heterocycles. The van der Waals surface area contributed by atoms with Crippen molar-refractivity contribution in [2.45, 2.75) is 12.2 Å². The van der Waals surface area contributed by atoms with Gasteiger partial charge >= 0.3 is 12.2 Å². The van der Waals surface area contributed by atoms with Crippen LogP contribution in [0, 0.1) is 5.92 Å². The molecule has 2 atom stereocenters. The van der Waals surface area contributed by atoms with Crippen molar-refractivity contribution in [3.8, 4) is 0 Å². The standard InChI is InChI=1S/C19H15ClF3N3O2/c1-10-15(16(26-18(28)24-10)11-6-8-12(20)9-7-11)17(27)25-14-5-3-2-4-13(14)19(21,22)23/h2-9,15-16H,1H2,(H,25,27)(H2,24,26,28)/t15-,16+/m1/s1. The van der Waals surface area contributed by atoms with Crippen LogP contribution in [0.4, 0.5) is 23.7 Å². The Hall–Kier alpha value is -3.00. The van der Waals surface area contributed by atoms with Crippen molar-refractivity contribution in [1.29, 1.82) is 0 Å². The fraction of sp³-hybridized carbons (Fsp3) is 0.158. The van der Waals surface area contributed by atoms with Crippen LogP contribution in [0.3, 0.4) is 0 Å². The summed E-state index contributed by atoms with van der Waals surface area (Å²) in [5.41, 5.74) is -0.709. The molecule has 28 heavy (non-hydrogen) atoms. The minimum absolute atomic E-state index is 0.0747. The van der Waals surface area contributed by atoms with Crippen LogP contribution in [-0.2, 0) is 11.0 Å². The first kappa shape index (κ1) is 19.8. The Kier molecular flexibility index (Phi) is 5.33. The molecule has 0 spiro atoms. The molecule has 3 rings (SSSR count). The summed E-state index contributed by atoms with van der Waals surface area (Å²) < 4.78 is 39.6. The van der Waals surface area contributed by atoms with Gasteiger partial charge in [0.15, 0.2) is 0 Å². The van der Waals surface area contributed by atoms with E-state index >= 15 is 0 Å². The van der Waals surface area contributed by atoms with Gasteiger partial charge in [-0.2, -0.15) is 13.2 Å². The SMILES string of the molecule is C=C1NC(=O)N[C@@H](c2ccc(Cl)cc2)[C@@H]1C(=O)Nc1ccccc1C(F)(F)F. The van der Waals surface area contributed by atoms with Crippen molar-refractivity contribution in [2.24, 2.45) is 5.92 Å². The zero-order valence-electron chi connectivity index (χ0n) is 14.3. The summed E-state index contributed by atoms with van der Waals surface area (Å²) in [5, 5.41) is 7.77. The van der Waals surface area contributed by atoms with E-state index in [0.717, 1.165) is 12.1 Å². The van der Waals surface area contributed by atoms with Gasteiger partial charge in [-0.1, -0.05) is 42.4 Å². The Morgan fingerprint density at radius 2 is 1.75 bits per heavy atom. The van der Waals surface area contributed by atoms with Crippen molar-refractivity contribution in [1.82, 2.24) is 10.6 Å². The number of urea groups is 1. The third-order valence-corrected chi connectivity index (χ3v) is 4.52. The highest BCUT2D eigenvalue weighted by molar-refractivity contribution is 6.30. The zero-order valence-corrected chi connectivity index (χ0v) is 15.1. The van der Waals surface area contributed by atoms with Crippen LogP contribution in [0.1, 0.15) is 17.2 Å². The third kappa shape index (κ3) is 4.12. The first-order valence-electron chi connectivity index (χ1n) is 8.15. The van der Waals surface area contributed by atoms with E-state index in [4.69, 9.17) is 11.6 Å². The van der Waals surface area contributed by atoms with Crippen LogP contribution >= 0.6 is 11.6 Å². The largest absolute Gasteiger partial charge is 0.418 e. The molecule has 2 aromatic carbocycles. The molecule has 0 aliphatic carbocycles. The molecule has 3 amide bonds. The van der Waals surface area contributed by atoms with Crippen LogP contribution in [0.25, 0.3) is 0 Å². The maximum Gasteiger partial charge on any atom is 0.418 e. The van der Waals surface area contributed by atoms with Crippen LogP contribution in [-0.4, -0.2) is 11.9 Å². The molecule has 1 aliphatic heterocycles. The van der Waals surface area contributed by atoms with Crippen LogP contribution in [0.5, 0.6) is 0 Å². The normalized spacial score (nSPS) is 19.6. The number of hydrogen-bond donors (Lipinski definition) is 3. The lowest BCUT2D eigenvalue weighted by Gasteiger charge is -2.34. The number of alkyl halides is 3. The molecule has 1 saturated heterocycles. The summed E-state index contributed by atoms with van der Waals surface area (Å²) in [5.74, 6) is -1.78. The molecule has 0 unspecified atom stereocenters. The number of nitrogens with one attached hydrogen (secondary N) is 3. The summed E-state index contributed by atoms with van der Waals surface area (Å²) in [7, 11) is 0. The quantitative estimate of drug-likeness (QED) is 0.699. The molecular formula is C19H15ClF3N3O2. The molecule has 9 heteroatoms. The number of halogens is 4. The van der Waals surface area contributed by atoms with E-state index in [9.17, 15) is 22.8 Å². The molecule has 3 N–H and O–H groups in total. The average molecular weight is 410 g/mol. The first-order chi connectivity index (χ1) is 13.2. The molecule has 2 aromatic rings. The van der Waals surface area contributed by atoms with E-state index in [1.54, 1.807) is 24.3 Å². The number of carbonyl (C=O) groups excluding carboxylic acids is 2. The van der Waals surface area contributed by atoms with Gasteiger partial charge in [0.1, 0.15) is 5.92 Å². The van der Waals surface area contributed by atoms with E-state index in [0.29, 0.717) is 10.6 Å². The molecule has 0 saturated carbocycles. The van der Waals surface area contributed by atoms with Gasteiger partial charge in [0.2, 0.25) is 5.91 Å². The summed E-state index contributed by atoms with van der Waals surface area (Å²) in [4.78, 5) is 24.7. The number of hydrogen-bond acceptors (Lipinski definition) is 2. The number of rotatable bonds is 3. The second-order valence-corrected chi connectivity index (χ2v) is 6.60. The highest BCUT2D eigenvalue weighted by atomic mass is 35.5. The second-order valence-electron chi connectivity index (χ2n) is 6.16. The highest BCUT2D eigenvalue weighted by Crippen LogP contribution is 2.36. The minimum atomic E-state index is -4.63. The molecule has 1 aliphatic rings. The van der Waals surface area contributed by atoms with Crippen LogP contribution in [0.15, 0.2) is 60.8 Å². The lowest BCUT2D eigenvalue weighted by Crippen LogP contribution is -2.51. The minimum Gasteiger partial charge on any atom is -0.330 e. The van der Waals surface area contributed by atoms with E-state index in [-0.39, 0.29) is 11.4 Å². The summed E-state index contributed by atoms with van der Waals surface area (Å²) in [6.45, 7) is 3.69. The fourth-order valence-electron chi connectivity index (χ4n) is 2.99. The predicted molar refractivity (Wildman–Crippen MR) is 98.6 cm³/mol. The number of anilines is 1. The summed E-state index contributed by atoms with van der Waals surface area (Å²) in [6, 6.07) is 9.68. The Bertz CT molecular complexity index is 929. The number of carbonyl (C=O) groups is 2. The maximum absolute atomic E-state index is 13.2. The molecule has 0 bridgehead atoms. The predicted octanol–water partition coefficient (Wildman–Crippen LogP) is 4.48. The zero-order chi connectivity index (χ0) is 20.5. The van der Waals surface area contributed by atoms with Gasteiger partial charge in [0.05, 0.1) is 17.3 Å².